The maximum absolute atomic E-state index is 13.8. The molecule has 0 radical (unpaired) electrons. The summed E-state index contributed by atoms with van der Waals surface area (Å²) in [4.78, 5) is 0. The Morgan fingerprint density at radius 3 is 2.65 bits per heavy atom. The minimum absolute atomic E-state index is 0.215. The molecule has 1 nitrogen and oxygen atoms in total. The van der Waals surface area contributed by atoms with Gasteiger partial charge >= 0.3 is 0 Å². The smallest absolute Gasteiger partial charge is 0.137 e. The molecule has 0 aliphatic rings. The quantitative estimate of drug-likeness (QED) is 0.819. The van der Waals surface area contributed by atoms with Gasteiger partial charge in [0.2, 0.25) is 0 Å². The van der Waals surface area contributed by atoms with Gasteiger partial charge in [-0.1, -0.05) is 23.7 Å². The zero-order valence-corrected chi connectivity index (χ0v) is 13.1. The summed E-state index contributed by atoms with van der Waals surface area (Å²) in [6.07, 6.45) is 0.380. The van der Waals surface area contributed by atoms with Gasteiger partial charge in [-0.05, 0) is 64.8 Å². The molecule has 0 fully saturated rings. The number of nitrogens with one attached hydrogen (secondary N) is 1. The van der Waals surface area contributed by atoms with Gasteiger partial charge in [0.25, 0.3) is 0 Å². The second-order valence-electron chi connectivity index (χ2n) is 4.42. The van der Waals surface area contributed by atoms with Gasteiger partial charge in [0.1, 0.15) is 11.6 Å². The van der Waals surface area contributed by atoms with E-state index < -0.39 is 0 Å². The van der Waals surface area contributed by atoms with Gasteiger partial charge in [0.05, 0.1) is 4.47 Å². The van der Waals surface area contributed by atoms with Gasteiger partial charge in [-0.15, -0.1) is 0 Å². The highest BCUT2D eigenvalue weighted by Crippen LogP contribution is 2.29. The molecular weight excluding hydrogens is 348 g/mol. The highest BCUT2D eigenvalue weighted by molar-refractivity contribution is 9.10. The molecule has 0 amide bonds. The van der Waals surface area contributed by atoms with E-state index in [0.717, 1.165) is 5.56 Å². The van der Waals surface area contributed by atoms with E-state index in [2.05, 4.69) is 21.2 Å². The van der Waals surface area contributed by atoms with Crippen molar-refractivity contribution in [2.24, 2.45) is 0 Å². The molecular formula is C15H13BrClF2N. The van der Waals surface area contributed by atoms with Crippen molar-refractivity contribution in [3.63, 3.8) is 0 Å². The van der Waals surface area contributed by atoms with Gasteiger partial charge in [-0.2, -0.15) is 0 Å². The highest BCUT2D eigenvalue weighted by atomic mass is 79.9. The van der Waals surface area contributed by atoms with Crippen LogP contribution in [0.5, 0.6) is 0 Å². The first-order valence-corrected chi connectivity index (χ1v) is 7.25. The number of halogens is 4. The summed E-state index contributed by atoms with van der Waals surface area (Å²) in [7, 11) is 1.75. The van der Waals surface area contributed by atoms with Gasteiger partial charge < -0.3 is 5.32 Å². The fraction of sp³-hybridized carbons (Fsp3) is 0.200. The first-order chi connectivity index (χ1) is 9.52. The van der Waals surface area contributed by atoms with E-state index in [1.165, 1.54) is 18.2 Å². The van der Waals surface area contributed by atoms with E-state index in [1.807, 2.05) is 0 Å². The van der Waals surface area contributed by atoms with E-state index >= 15 is 0 Å². The van der Waals surface area contributed by atoms with Crippen molar-refractivity contribution in [1.29, 1.82) is 0 Å². The molecule has 2 aromatic rings. The maximum atomic E-state index is 13.8. The molecule has 1 unspecified atom stereocenters. The highest BCUT2D eigenvalue weighted by Gasteiger charge is 2.17. The molecule has 0 aliphatic heterocycles. The first-order valence-electron chi connectivity index (χ1n) is 6.08. The Bertz CT molecular complexity index is 619. The molecule has 0 bridgehead atoms. The first kappa shape index (κ1) is 15.4. The average molecular weight is 361 g/mol. The van der Waals surface area contributed by atoms with E-state index in [9.17, 15) is 8.78 Å². The van der Waals surface area contributed by atoms with Crippen LogP contribution < -0.4 is 5.32 Å². The van der Waals surface area contributed by atoms with Crippen LogP contribution >= 0.6 is 27.5 Å². The van der Waals surface area contributed by atoms with Crippen LogP contribution in [-0.4, -0.2) is 7.05 Å². The second-order valence-corrected chi connectivity index (χ2v) is 5.65. The third-order valence-corrected chi connectivity index (χ3v) is 4.21. The fourth-order valence-corrected chi connectivity index (χ4v) is 2.81. The largest absolute Gasteiger partial charge is 0.313 e. The Balaban J connectivity index is 2.34. The Morgan fingerprint density at radius 2 is 1.95 bits per heavy atom. The lowest BCUT2D eigenvalue weighted by Gasteiger charge is -2.19. The third kappa shape index (κ3) is 3.37. The lowest BCUT2D eigenvalue weighted by atomic mass is 9.98. The monoisotopic (exact) mass is 359 g/mol. The van der Waals surface area contributed by atoms with Crippen molar-refractivity contribution in [1.82, 2.24) is 5.32 Å². The molecule has 0 aliphatic carbocycles. The molecule has 0 saturated heterocycles. The van der Waals surface area contributed by atoms with E-state index in [4.69, 9.17) is 11.6 Å². The summed E-state index contributed by atoms with van der Waals surface area (Å²) in [5.41, 5.74) is 1.24. The minimum atomic E-state index is -0.339. The topological polar surface area (TPSA) is 12.0 Å². The number of hydrogen-bond acceptors (Lipinski definition) is 1. The van der Waals surface area contributed by atoms with Gasteiger partial charge in [0, 0.05) is 11.1 Å². The summed E-state index contributed by atoms with van der Waals surface area (Å²) >= 11 is 9.12. The van der Waals surface area contributed by atoms with Crippen LogP contribution in [0.2, 0.25) is 5.02 Å². The Morgan fingerprint density at radius 1 is 1.20 bits per heavy atom. The van der Waals surface area contributed by atoms with Crippen molar-refractivity contribution < 1.29 is 8.78 Å². The van der Waals surface area contributed by atoms with Gasteiger partial charge in [0.15, 0.2) is 0 Å². The molecule has 0 aromatic heterocycles. The normalized spacial score (nSPS) is 12.4. The minimum Gasteiger partial charge on any atom is -0.313 e. The van der Waals surface area contributed by atoms with Crippen molar-refractivity contribution >= 4 is 27.5 Å². The summed E-state index contributed by atoms with van der Waals surface area (Å²) < 4.78 is 27.8. The number of benzene rings is 2. The Kier molecular flexibility index (Phi) is 5.13. The second kappa shape index (κ2) is 6.66. The molecule has 2 aromatic carbocycles. The van der Waals surface area contributed by atoms with Gasteiger partial charge in [-0.25, -0.2) is 8.78 Å². The van der Waals surface area contributed by atoms with Crippen molar-refractivity contribution in [3.05, 3.63) is 68.7 Å². The predicted octanol–water partition coefficient (Wildman–Crippen LogP) is 4.88. The van der Waals surface area contributed by atoms with Crippen LogP contribution in [0.25, 0.3) is 0 Å². The molecule has 2 rings (SSSR count). The van der Waals surface area contributed by atoms with Crippen LogP contribution in [0.4, 0.5) is 8.78 Å². The van der Waals surface area contributed by atoms with E-state index in [-0.39, 0.29) is 17.7 Å². The van der Waals surface area contributed by atoms with Crippen LogP contribution in [0, 0.1) is 11.6 Å². The zero-order valence-electron chi connectivity index (χ0n) is 10.8. The van der Waals surface area contributed by atoms with E-state index in [1.54, 1.807) is 25.2 Å². The van der Waals surface area contributed by atoms with E-state index in [0.29, 0.717) is 21.5 Å². The fourth-order valence-electron chi connectivity index (χ4n) is 2.08. The summed E-state index contributed by atoms with van der Waals surface area (Å²) in [5, 5.41) is 3.56. The number of hydrogen-bond donors (Lipinski definition) is 1. The molecule has 0 saturated carbocycles. The summed E-state index contributed by atoms with van der Waals surface area (Å²) in [6, 6.07) is 9.03. The van der Waals surface area contributed by atoms with Crippen LogP contribution in [-0.2, 0) is 6.42 Å². The van der Waals surface area contributed by atoms with Gasteiger partial charge in [-0.3, -0.25) is 0 Å². The standard InChI is InChI=1S/C15H13BrClF2N/c1-20-14(11-3-2-4-13(19)15(11)16)8-9-7-10(17)5-6-12(9)18/h2-7,14,20H,8H2,1H3. The predicted molar refractivity (Wildman–Crippen MR) is 81.0 cm³/mol. The van der Waals surface area contributed by atoms with Crippen LogP contribution in [0.1, 0.15) is 17.2 Å². The number of rotatable bonds is 4. The van der Waals surface area contributed by atoms with Crippen molar-refractivity contribution in [2.75, 3.05) is 7.05 Å². The maximum Gasteiger partial charge on any atom is 0.137 e. The third-order valence-electron chi connectivity index (χ3n) is 3.14. The Labute approximate surface area is 130 Å². The summed E-state index contributed by atoms with van der Waals surface area (Å²) in [5.74, 6) is -0.656. The lowest BCUT2D eigenvalue weighted by molar-refractivity contribution is 0.546. The number of likely N-dealkylation sites (N-methyl/N-ethyl adjacent to an activating group) is 1. The zero-order chi connectivity index (χ0) is 14.7. The van der Waals surface area contributed by atoms with Crippen molar-refractivity contribution in [2.45, 2.75) is 12.5 Å². The Hall–Kier alpha value is -0.970. The molecule has 1 atom stereocenters. The van der Waals surface area contributed by atoms with Crippen LogP contribution in [0.3, 0.4) is 0 Å². The average Bonchev–Trinajstić information content (AvgIpc) is 2.43. The molecule has 0 heterocycles. The lowest BCUT2D eigenvalue weighted by Crippen LogP contribution is -2.20. The molecule has 1 N–H and O–H groups in total. The molecule has 20 heavy (non-hydrogen) atoms. The summed E-state index contributed by atoms with van der Waals surface area (Å²) in [6.45, 7) is 0. The SMILES string of the molecule is CNC(Cc1cc(Cl)ccc1F)c1cccc(F)c1Br. The molecule has 0 spiro atoms. The van der Waals surface area contributed by atoms with Crippen molar-refractivity contribution in [3.8, 4) is 0 Å². The molecule has 106 valence electrons. The van der Waals surface area contributed by atoms with Crippen LogP contribution in [0.15, 0.2) is 40.9 Å². The molecule has 5 heteroatoms.